The largest absolute Gasteiger partial charge is 0.505 e. The van der Waals surface area contributed by atoms with Gasteiger partial charge in [-0.2, -0.15) is 0 Å². The number of primary amides is 1. The van der Waals surface area contributed by atoms with E-state index in [4.69, 9.17) is 17.3 Å². The topological polar surface area (TPSA) is 85.3 Å². The van der Waals surface area contributed by atoms with Crippen molar-refractivity contribution in [1.29, 1.82) is 0 Å². The summed E-state index contributed by atoms with van der Waals surface area (Å²) in [5.74, 6) is -3.41. The Labute approximate surface area is 170 Å². The second-order valence-corrected chi connectivity index (χ2v) is 7.40. The zero-order chi connectivity index (χ0) is 21.5. The van der Waals surface area contributed by atoms with Crippen LogP contribution >= 0.6 is 11.6 Å². The molecule has 0 saturated heterocycles. The zero-order valence-electron chi connectivity index (χ0n) is 15.8. The van der Waals surface area contributed by atoms with Crippen molar-refractivity contribution in [2.24, 2.45) is 5.73 Å². The molecule has 8 heteroatoms. The van der Waals surface area contributed by atoms with E-state index in [2.05, 4.69) is 0 Å². The third-order valence-corrected chi connectivity index (χ3v) is 5.31. The number of aromatic nitrogens is 1. The number of amides is 1. The molecule has 5 nitrogen and oxygen atoms in total. The maximum Gasteiger partial charge on any atom is 0.262 e. The fourth-order valence-corrected chi connectivity index (χ4v) is 3.71. The summed E-state index contributed by atoms with van der Waals surface area (Å²) in [7, 11) is 0. The van der Waals surface area contributed by atoms with E-state index in [1.807, 2.05) is 6.92 Å². The summed E-state index contributed by atoms with van der Waals surface area (Å²) in [5.41, 5.74) is 6.69. The van der Waals surface area contributed by atoms with E-state index in [0.717, 1.165) is 12.1 Å². The van der Waals surface area contributed by atoms with Gasteiger partial charge in [-0.25, -0.2) is 8.78 Å². The van der Waals surface area contributed by atoms with Crippen LogP contribution in [0.2, 0.25) is 5.02 Å². The Balaban J connectivity index is 2.22. The average Bonchev–Trinajstić information content (AvgIpc) is 2.92. The number of nitrogens with zero attached hydrogens (tertiary/aromatic N) is 1. The SMILES string of the molecule is Cc1c([C@@H](C)CCC(N)=O)c2cc(O)c(F)cc2n1C(=O)c1ccc(Cl)c(F)c1. The van der Waals surface area contributed by atoms with Gasteiger partial charge in [-0.3, -0.25) is 14.2 Å². The smallest absolute Gasteiger partial charge is 0.262 e. The number of aromatic hydroxyl groups is 1. The van der Waals surface area contributed by atoms with Gasteiger partial charge in [0.05, 0.1) is 10.5 Å². The predicted octanol–water partition coefficient (Wildman–Crippen LogP) is 4.64. The molecule has 1 heterocycles. The molecule has 3 N–H and O–H groups in total. The highest BCUT2D eigenvalue weighted by molar-refractivity contribution is 6.30. The highest BCUT2D eigenvalue weighted by atomic mass is 35.5. The highest BCUT2D eigenvalue weighted by Gasteiger charge is 2.25. The lowest BCUT2D eigenvalue weighted by molar-refractivity contribution is -0.118. The molecule has 0 aliphatic heterocycles. The molecule has 0 spiro atoms. The van der Waals surface area contributed by atoms with Gasteiger partial charge in [0.15, 0.2) is 11.6 Å². The number of phenols is 1. The predicted molar refractivity (Wildman–Crippen MR) is 106 cm³/mol. The van der Waals surface area contributed by atoms with E-state index in [1.54, 1.807) is 6.92 Å². The first-order chi connectivity index (χ1) is 13.6. The Morgan fingerprint density at radius 2 is 1.90 bits per heavy atom. The van der Waals surface area contributed by atoms with Crippen molar-refractivity contribution in [1.82, 2.24) is 4.57 Å². The number of benzene rings is 2. The second kappa shape index (κ2) is 7.83. The van der Waals surface area contributed by atoms with E-state index in [1.165, 1.54) is 22.8 Å². The molecule has 0 radical (unpaired) electrons. The molecule has 1 aromatic heterocycles. The molecule has 0 aliphatic rings. The lowest BCUT2D eigenvalue weighted by Crippen LogP contribution is -2.15. The van der Waals surface area contributed by atoms with Gasteiger partial charge in [0.25, 0.3) is 5.91 Å². The Kier molecular flexibility index (Phi) is 5.61. The van der Waals surface area contributed by atoms with Gasteiger partial charge in [-0.1, -0.05) is 18.5 Å². The normalized spacial score (nSPS) is 12.3. The summed E-state index contributed by atoms with van der Waals surface area (Å²) >= 11 is 5.69. The van der Waals surface area contributed by atoms with Gasteiger partial charge in [0, 0.05) is 29.1 Å². The number of carbonyl (C=O) groups is 2. The van der Waals surface area contributed by atoms with Gasteiger partial charge in [0.2, 0.25) is 5.91 Å². The van der Waals surface area contributed by atoms with E-state index in [0.29, 0.717) is 23.1 Å². The molecule has 2 aromatic carbocycles. The number of rotatable bonds is 5. The second-order valence-electron chi connectivity index (χ2n) is 7.00. The fourth-order valence-electron chi connectivity index (χ4n) is 3.59. The van der Waals surface area contributed by atoms with Crippen molar-refractivity contribution in [3.63, 3.8) is 0 Å². The first kappa shape index (κ1) is 20.8. The molecule has 0 aliphatic carbocycles. The molecule has 3 aromatic rings. The molecular formula is C21H19ClF2N2O3. The average molecular weight is 421 g/mol. The molecular weight excluding hydrogens is 402 g/mol. The van der Waals surface area contributed by atoms with Crippen molar-refractivity contribution in [2.75, 3.05) is 0 Å². The molecule has 0 fully saturated rings. The highest BCUT2D eigenvalue weighted by Crippen LogP contribution is 2.37. The standard InChI is InChI=1S/C21H19ClF2N2O3/c1-10(3-6-19(25)28)20-11(2)26(17-9-16(24)18(27)8-13(17)20)21(29)12-4-5-14(22)15(23)7-12/h4-5,7-10,27H,3,6H2,1-2H3,(H2,25,28)/t10-/m0/s1. The van der Waals surface area contributed by atoms with Crippen LogP contribution in [-0.4, -0.2) is 21.5 Å². The Bertz CT molecular complexity index is 1140. The van der Waals surface area contributed by atoms with Gasteiger partial charge < -0.3 is 10.8 Å². The molecule has 29 heavy (non-hydrogen) atoms. The Hall–Kier alpha value is -2.93. The number of fused-ring (bicyclic) bond motifs is 1. The lowest BCUT2D eigenvalue weighted by atomic mass is 9.93. The summed E-state index contributed by atoms with van der Waals surface area (Å²) < 4.78 is 29.2. The van der Waals surface area contributed by atoms with Crippen LogP contribution in [0, 0.1) is 18.6 Å². The van der Waals surface area contributed by atoms with Crippen LogP contribution < -0.4 is 5.73 Å². The van der Waals surface area contributed by atoms with E-state index >= 15 is 0 Å². The van der Waals surface area contributed by atoms with Gasteiger partial charge in [0.1, 0.15) is 5.82 Å². The lowest BCUT2D eigenvalue weighted by Gasteiger charge is -2.12. The Morgan fingerprint density at radius 1 is 1.21 bits per heavy atom. The third-order valence-electron chi connectivity index (χ3n) is 5.01. The van der Waals surface area contributed by atoms with Crippen LogP contribution in [0.15, 0.2) is 30.3 Å². The van der Waals surface area contributed by atoms with Crippen LogP contribution in [0.1, 0.15) is 47.3 Å². The molecule has 0 bridgehead atoms. The number of nitrogens with two attached hydrogens (primary N) is 1. The molecule has 1 amide bonds. The molecule has 0 saturated carbocycles. The van der Waals surface area contributed by atoms with Gasteiger partial charge >= 0.3 is 0 Å². The van der Waals surface area contributed by atoms with Crippen LogP contribution in [0.3, 0.4) is 0 Å². The van der Waals surface area contributed by atoms with Crippen molar-refractivity contribution < 1.29 is 23.5 Å². The van der Waals surface area contributed by atoms with Gasteiger partial charge in [-0.05, 0) is 49.1 Å². The summed E-state index contributed by atoms with van der Waals surface area (Å²) in [6.45, 7) is 3.52. The number of carbonyl (C=O) groups excluding carboxylic acids is 2. The minimum absolute atomic E-state index is 0.0386. The summed E-state index contributed by atoms with van der Waals surface area (Å²) in [5, 5.41) is 10.2. The van der Waals surface area contributed by atoms with Gasteiger partial charge in [-0.15, -0.1) is 0 Å². The van der Waals surface area contributed by atoms with Crippen LogP contribution in [-0.2, 0) is 4.79 Å². The van der Waals surface area contributed by atoms with E-state index in [-0.39, 0.29) is 28.4 Å². The maximum atomic E-state index is 14.1. The van der Waals surface area contributed by atoms with Crippen LogP contribution in [0.25, 0.3) is 10.9 Å². The summed E-state index contributed by atoms with van der Waals surface area (Å²) in [4.78, 5) is 24.3. The molecule has 1 atom stereocenters. The number of hydrogen-bond acceptors (Lipinski definition) is 3. The summed E-state index contributed by atoms with van der Waals surface area (Å²) in [6, 6.07) is 5.98. The Morgan fingerprint density at radius 3 is 2.52 bits per heavy atom. The molecule has 152 valence electrons. The van der Waals surface area contributed by atoms with Crippen LogP contribution in [0.4, 0.5) is 8.78 Å². The first-order valence-electron chi connectivity index (χ1n) is 8.93. The quantitative estimate of drug-likeness (QED) is 0.630. The van der Waals surface area contributed by atoms with Crippen molar-refractivity contribution in [2.45, 2.75) is 32.6 Å². The number of halogens is 3. The van der Waals surface area contributed by atoms with Crippen molar-refractivity contribution in [3.8, 4) is 5.75 Å². The van der Waals surface area contributed by atoms with Crippen molar-refractivity contribution in [3.05, 3.63) is 63.8 Å². The molecule has 3 rings (SSSR count). The minimum Gasteiger partial charge on any atom is -0.505 e. The summed E-state index contributed by atoms with van der Waals surface area (Å²) in [6.07, 6.45) is 0.550. The number of hydrogen-bond donors (Lipinski definition) is 2. The van der Waals surface area contributed by atoms with E-state index < -0.39 is 29.2 Å². The maximum absolute atomic E-state index is 14.1. The zero-order valence-corrected chi connectivity index (χ0v) is 16.6. The van der Waals surface area contributed by atoms with E-state index in [9.17, 15) is 23.5 Å². The number of phenolic OH excluding ortho intramolecular Hbond substituents is 1. The van der Waals surface area contributed by atoms with Crippen LogP contribution in [0.5, 0.6) is 5.75 Å². The minimum atomic E-state index is -0.886. The first-order valence-corrected chi connectivity index (χ1v) is 9.31. The molecule has 0 unspecified atom stereocenters. The monoisotopic (exact) mass is 420 g/mol. The third kappa shape index (κ3) is 3.82. The van der Waals surface area contributed by atoms with Crippen molar-refractivity contribution >= 4 is 34.3 Å². The fraction of sp³-hybridized carbons (Fsp3) is 0.238.